The van der Waals surface area contributed by atoms with Gasteiger partial charge in [0, 0.05) is 12.6 Å². The molecule has 2 rings (SSSR count). The van der Waals surface area contributed by atoms with E-state index in [2.05, 4.69) is 5.32 Å². The van der Waals surface area contributed by atoms with Crippen LogP contribution in [0.1, 0.15) is 5.56 Å². The van der Waals surface area contributed by atoms with Gasteiger partial charge in [-0.05, 0) is 23.8 Å². The Labute approximate surface area is 132 Å². The summed E-state index contributed by atoms with van der Waals surface area (Å²) in [6.07, 6.45) is -1.06. The van der Waals surface area contributed by atoms with E-state index in [1.165, 1.54) is 30.3 Å². The smallest absolute Gasteiger partial charge is 0.224 e. The van der Waals surface area contributed by atoms with Crippen molar-refractivity contribution in [3.8, 4) is 5.75 Å². The molecule has 0 saturated heterocycles. The van der Waals surface area contributed by atoms with Gasteiger partial charge in [0.2, 0.25) is 5.91 Å². The molecule has 0 heterocycles. The first-order chi connectivity index (χ1) is 11.0. The van der Waals surface area contributed by atoms with Crippen molar-refractivity contribution in [3.05, 3.63) is 65.7 Å². The molecule has 0 fully saturated rings. The Morgan fingerprint density at radius 2 is 1.96 bits per heavy atom. The van der Waals surface area contributed by atoms with Gasteiger partial charge in [-0.25, -0.2) is 8.78 Å². The monoisotopic (exact) mass is 321 g/mol. The average molecular weight is 321 g/mol. The van der Waals surface area contributed by atoms with Gasteiger partial charge >= 0.3 is 0 Å². The van der Waals surface area contributed by atoms with Crippen LogP contribution >= 0.6 is 0 Å². The van der Waals surface area contributed by atoms with E-state index in [-0.39, 0.29) is 25.1 Å². The van der Waals surface area contributed by atoms with Gasteiger partial charge in [0.1, 0.15) is 30.1 Å². The Balaban J connectivity index is 1.72. The first-order valence-corrected chi connectivity index (χ1v) is 7.11. The zero-order valence-electron chi connectivity index (χ0n) is 12.3. The molecular weight excluding hydrogens is 304 g/mol. The first-order valence-electron chi connectivity index (χ1n) is 7.11. The summed E-state index contributed by atoms with van der Waals surface area (Å²) in [5, 5.41) is 12.2. The van der Waals surface area contributed by atoms with Crippen LogP contribution in [0.15, 0.2) is 48.5 Å². The Morgan fingerprint density at radius 1 is 1.17 bits per heavy atom. The van der Waals surface area contributed by atoms with Crippen molar-refractivity contribution in [3.63, 3.8) is 0 Å². The third-order valence-electron chi connectivity index (χ3n) is 3.08. The Morgan fingerprint density at radius 3 is 2.70 bits per heavy atom. The van der Waals surface area contributed by atoms with Crippen molar-refractivity contribution in [2.75, 3.05) is 13.2 Å². The number of aliphatic hydroxyl groups excluding tert-OH is 1. The topological polar surface area (TPSA) is 58.6 Å². The molecule has 0 aliphatic carbocycles. The fraction of sp³-hybridized carbons (Fsp3) is 0.235. The van der Waals surface area contributed by atoms with Crippen molar-refractivity contribution < 1.29 is 23.4 Å². The van der Waals surface area contributed by atoms with Crippen LogP contribution in [-0.4, -0.2) is 30.3 Å². The van der Waals surface area contributed by atoms with Crippen molar-refractivity contribution in [2.45, 2.75) is 12.5 Å². The Kier molecular flexibility index (Phi) is 6.05. The fourth-order valence-corrected chi connectivity index (χ4v) is 1.92. The largest absolute Gasteiger partial charge is 0.491 e. The van der Waals surface area contributed by atoms with E-state index in [0.717, 1.165) is 0 Å². The molecule has 0 aliphatic rings. The van der Waals surface area contributed by atoms with Gasteiger partial charge in [0.05, 0.1) is 6.42 Å². The third kappa shape index (κ3) is 5.67. The van der Waals surface area contributed by atoms with E-state index in [0.29, 0.717) is 5.75 Å². The zero-order chi connectivity index (χ0) is 16.7. The standard InChI is InChI=1S/C17H17F2NO3/c18-13-5-3-6-15(9-13)23-11-14(21)10-20-17(22)8-12-4-1-2-7-16(12)19/h1-7,9,14,21H,8,10-11H2,(H,20,22). The number of hydrogen-bond donors (Lipinski definition) is 2. The molecule has 2 aromatic rings. The summed E-state index contributed by atoms with van der Waals surface area (Å²) in [4.78, 5) is 11.7. The maximum atomic E-state index is 13.4. The van der Waals surface area contributed by atoms with E-state index in [1.54, 1.807) is 18.2 Å². The van der Waals surface area contributed by atoms with Crippen molar-refractivity contribution in [2.24, 2.45) is 0 Å². The highest BCUT2D eigenvalue weighted by Crippen LogP contribution is 2.12. The van der Waals surface area contributed by atoms with Crippen LogP contribution < -0.4 is 10.1 Å². The van der Waals surface area contributed by atoms with E-state index < -0.39 is 23.6 Å². The van der Waals surface area contributed by atoms with Crippen LogP contribution in [0, 0.1) is 11.6 Å². The molecule has 0 spiro atoms. The Hall–Kier alpha value is -2.47. The number of ether oxygens (including phenoxy) is 1. The maximum Gasteiger partial charge on any atom is 0.224 e. The van der Waals surface area contributed by atoms with E-state index in [4.69, 9.17) is 4.74 Å². The first kappa shape index (κ1) is 16.9. The molecule has 2 N–H and O–H groups in total. The molecule has 122 valence electrons. The molecule has 0 bridgehead atoms. The minimum absolute atomic E-state index is 0.0391. The highest BCUT2D eigenvalue weighted by atomic mass is 19.1. The number of amides is 1. The van der Waals surface area contributed by atoms with Crippen LogP contribution in [-0.2, 0) is 11.2 Å². The normalized spacial score (nSPS) is 11.8. The van der Waals surface area contributed by atoms with Gasteiger partial charge in [-0.1, -0.05) is 24.3 Å². The minimum atomic E-state index is -0.956. The lowest BCUT2D eigenvalue weighted by atomic mass is 10.1. The van der Waals surface area contributed by atoms with Gasteiger partial charge in [-0.3, -0.25) is 4.79 Å². The van der Waals surface area contributed by atoms with Crippen LogP contribution in [0.4, 0.5) is 8.78 Å². The SMILES string of the molecule is O=C(Cc1ccccc1F)NCC(O)COc1cccc(F)c1. The van der Waals surface area contributed by atoms with Gasteiger partial charge < -0.3 is 15.2 Å². The van der Waals surface area contributed by atoms with Gasteiger partial charge in [0.15, 0.2) is 0 Å². The number of nitrogens with one attached hydrogen (secondary N) is 1. The summed E-state index contributed by atoms with van der Waals surface area (Å²) < 4.78 is 31.6. The zero-order valence-corrected chi connectivity index (χ0v) is 12.3. The highest BCUT2D eigenvalue weighted by Gasteiger charge is 2.11. The molecule has 2 aromatic carbocycles. The molecule has 0 aromatic heterocycles. The number of carbonyl (C=O) groups excluding carboxylic acids is 1. The van der Waals surface area contributed by atoms with Crippen molar-refractivity contribution >= 4 is 5.91 Å². The van der Waals surface area contributed by atoms with Crippen LogP contribution in [0.25, 0.3) is 0 Å². The predicted octanol–water partition coefficient (Wildman–Crippen LogP) is 2.06. The van der Waals surface area contributed by atoms with Gasteiger partial charge in [-0.2, -0.15) is 0 Å². The molecule has 1 atom stereocenters. The second kappa shape index (κ2) is 8.24. The van der Waals surface area contributed by atoms with E-state index >= 15 is 0 Å². The van der Waals surface area contributed by atoms with Crippen molar-refractivity contribution in [1.82, 2.24) is 5.32 Å². The lowest BCUT2D eigenvalue weighted by Gasteiger charge is -2.13. The molecule has 1 unspecified atom stereocenters. The number of hydrogen-bond acceptors (Lipinski definition) is 3. The summed E-state index contributed by atoms with van der Waals surface area (Å²) in [6.45, 7) is -0.133. The van der Waals surface area contributed by atoms with Crippen LogP contribution in [0.3, 0.4) is 0 Å². The molecular formula is C17H17F2NO3. The predicted molar refractivity (Wildman–Crippen MR) is 81.0 cm³/mol. The summed E-state index contributed by atoms with van der Waals surface area (Å²) >= 11 is 0. The van der Waals surface area contributed by atoms with Gasteiger partial charge in [0.25, 0.3) is 0 Å². The number of halogens is 2. The summed E-state index contributed by atoms with van der Waals surface area (Å²) in [5.41, 5.74) is 0.288. The molecule has 23 heavy (non-hydrogen) atoms. The van der Waals surface area contributed by atoms with Gasteiger partial charge in [-0.15, -0.1) is 0 Å². The number of aliphatic hydroxyl groups is 1. The molecule has 0 saturated carbocycles. The Bertz CT molecular complexity index is 664. The van der Waals surface area contributed by atoms with E-state index in [9.17, 15) is 18.7 Å². The summed E-state index contributed by atoms with van der Waals surface area (Å²) in [7, 11) is 0. The molecule has 4 nitrogen and oxygen atoms in total. The fourth-order valence-electron chi connectivity index (χ4n) is 1.92. The highest BCUT2D eigenvalue weighted by molar-refractivity contribution is 5.78. The second-order valence-corrected chi connectivity index (χ2v) is 4.99. The molecule has 1 amide bonds. The number of rotatable bonds is 7. The van der Waals surface area contributed by atoms with Crippen LogP contribution in [0.2, 0.25) is 0 Å². The quantitative estimate of drug-likeness (QED) is 0.821. The van der Waals surface area contributed by atoms with Crippen LogP contribution in [0.5, 0.6) is 5.75 Å². The van der Waals surface area contributed by atoms with E-state index in [1.807, 2.05) is 0 Å². The summed E-state index contributed by atoms with van der Waals surface area (Å²) in [6, 6.07) is 11.5. The lowest BCUT2D eigenvalue weighted by Crippen LogP contribution is -2.36. The molecule has 0 radical (unpaired) electrons. The van der Waals surface area contributed by atoms with Crippen molar-refractivity contribution in [1.29, 1.82) is 0 Å². The number of benzene rings is 2. The average Bonchev–Trinajstić information content (AvgIpc) is 2.53. The maximum absolute atomic E-state index is 13.4. The molecule has 6 heteroatoms. The third-order valence-corrected chi connectivity index (χ3v) is 3.08. The minimum Gasteiger partial charge on any atom is -0.491 e. The second-order valence-electron chi connectivity index (χ2n) is 4.99. The molecule has 0 aliphatic heterocycles. The summed E-state index contributed by atoms with van der Waals surface area (Å²) in [5.74, 6) is -0.991. The number of carbonyl (C=O) groups is 1. The lowest BCUT2D eigenvalue weighted by molar-refractivity contribution is -0.121.